The van der Waals surface area contributed by atoms with E-state index in [2.05, 4.69) is 29.2 Å². The fourth-order valence-electron chi connectivity index (χ4n) is 3.67. The monoisotopic (exact) mass is 430 g/mol. The molecule has 1 N–H and O–H groups in total. The van der Waals surface area contributed by atoms with E-state index in [1.165, 1.54) is 0 Å². The highest BCUT2D eigenvalue weighted by atomic mass is 32.2. The summed E-state index contributed by atoms with van der Waals surface area (Å²) in [5, 5.41) is 0. The van der Waals surface area contributed by atoms with E-state index in [1.807, 2.05) is 66.7 Å². The van der Waals surface area contributed by atoms with E-state index >= 15 is 0 Å². The molecule has 0 unspecified atom stereocenters. The average Bonchev–Trinajstić information content (AvgIpc) is 3.23. The Morgan fingerprint density at radius 2 is 1.29 bits per heavy atom. The molecule has 158 valence electrons. The van der Waals surface area contributed by atoms with Gasteiger partial charge in [-0.05, 0) is 18.4 Å². The summed E-state index contributed by atoms with van der Waals surface area (Å²) in [6, 6.07) is 29.7. The molecule has 0 fully saturated rings. The summed E-state index contributed by atoms with van der Waals surface area (Å²) in [5.41, 5.74) is 4.92. The summed E-state index contributed by atoms with van der Waals surface area (Å²) < 4.78 is 24.8. The largest absolute Gasteiger partial charge is 0.341 e. The number of hydrogen-bond donors (Lipinski definition) is 1. The van der Waals surface area contributed by atoms with Gasteiger partial charge in [-0.15, -0.1) is 0 Å². The lowest BCUT2D eigenvalue weighted by Crippen LogP contribution is -2.09. The van der Waals surface area contributed by atoms with Crippen LogP contribution in [-0.4, -0.2) is 24.1 Å². The number of unbranched alkanes of at least 4 members (excludes halogenated alkanes) is 1. The van der Waals surface area contributed by atoms with Crippen molar-refractivity contribution < 1.29 is 8.42 Å². The number of imidazole rings is 1. The molecule has 3 aromatic carbocycles. The van der Waals surface area contributed by atoms with Gasteiger partial charge in [0.2, 0.25) is 0 Å². The molecule has 0 aliphatic rings. The van der Waals surface area contributed by atoms with Gasteiger partial charge in [0.25, 0.3) is 0 Å². The van der Waals surface area contributed by atoms with Crippen LogP contribution in [-0.2, 0) is 22.0 Å². The third-order valence-corrected chi connectivity index (χ3v) is 6.89. The lowest BCUT2D eigenvalue weighted by molar-refractivity contribution is 0.590. The summed E-state index contributed by atoms with van der Waals surface area (Å²) in [7, 11) is -3.11. The molecule has 0 saturated heterocycles. The first-order valence-electron chi connectivity index (χ1n) is 10.5. The third kappa shape index (κ3) is 5.70. The maximum absolute atomic E-state index is 12.4. The molecule has 0 saturated carbocycles. The molecule has 4 rings (SSSR count). The maximum atomic E-state index is 12.4. The minimum absolute atomic E-state index is 0.102. The van der Waals surface area contributed by atoms with Gasteiger partial charge in [-0.3, -0.25) is 0 Å². The minimum atomic E-state index is -3.11. The Bertz CT molecular complexity index is 1150. The van der Waals surface area contributed by atoms with Crippen molar-refractivity contribution in [3.05, 3.63) is 102 Å². The minimum Gasteiger partial charge on any atom is -0.341 e. The van der Waals surface area contributed by atoms with Gasteiger partial charge >= 0.3 is 0 Å². The molecule has 0 aliphatic heterocycles. The summed E-state index contributed by atoms with van der Waals surface area (Å²) in [6.07, 6.45) is 2.11. The molecule has 1 heterocycles. The van der Waals surface area contributed by atoms with Crippen molar-refractivity contribution in [3.8, 4) is 22.5 Å². The fraction of sp³-hybridized carbons (Fsp3) is 0.192. The van der Waals surface area contributed by atoms with Crippen molar-refractivity contribution in [2.75, 3.05) is 5.75 Å². The molecule has 31 heavy (non-hydrogen) atoms. The number of nitrogens with one attached hydrogen (secondary N) is 1. The highest BCUT2D eigenvalue weighted by Crippen LogP contribution is 2.30. The predicted molar refractivity (Wildman–Crippen MR) is 126 cm³/mol. The van der Waals surface area contributed by atoms with Crippen molar-refractivity contribution in [1.82, 2.24) is 9.97 Å². The van der Waals surface area contributed by atoms with Crippen LogP contribution in [0.1, 0.15) is 24.2 Å². The number of H-pyrrole nitrogens is 1. The first kappa shape index (κ1) is 21.1. The molecule has 4 aromatic rings. The first-order valence-corrected chi connectivity index (χ1v) is 12.4. The van der Waals surface area contributed by atoms with E-state index in [-0.39, 0.29) is 11.5 Å². The molecule has 0 radical (unpaired) electrons. The SMILES string of the molecule is O=S(=O)(CCCCc1nc(-c2ccccc2)c(-c2ccccc2)[nH]1)Cc1ccccc1. The lowest BCUT2D eigenvalue weighted by atomic mass is 10.1. The maximum Gasteiger partial charge on any atom is 0.154 e. The molecule has 0 amide bonds. The summed E-state index contributed by atoms with van der Waals surface area (Å²) in [5.74, 6) is 1.18. The van der Waals surface area contributed by atoms with Crippen LogP contribution in [0.4, 0.5) is 0 Å². The fourth-order valence-corrected chi connectivity index (χ4v) is 5.16. The van der Waals surface area contributed by atoms with Gasteiger partial charge in [0.05, 0.1) is 22.9 Å². The molecule has 5 heteroatoms. The van der Waals surface area contributed by atoms with Crippen LogP contribution in [0.15, 0.2) is 91.0 Å². The van der Waals surface area contributed by atoms with Crippen LogP contribution in [0.5, 0.6) is 0 Å². The van der Waals surface area contributed by atoms with Crippen LogP contribution < -0.4 is 0 Å². The van der Waals surface area contributed by atoms with Crippen LogP contribution in [0.3, 0.4) is 0 Å². The van der Waals surface area contributed by atoms with E-state index < -0.39 is 9.84 Å². The summed E-state index contributed by atoms with van der Waals surface area (Å²) in [6.45, 7) is 0. The molecule has 0 bridgehead atoms. The van der Waals surface area contributed by atoms with Crippen LogP contribution in [0.25, 0.3) is 22.5 Å². The van der Waals surface area contributed by atoms with Crippen molar-refractivity contribution in [3.63, 3.8) is 0 Å². The van der Waals surface area contributed by atoms with Crippen molar-refractivity contribution in [2.24, 2.45) is 0 Å². The molecular weight excluding hydrogens is 404 g/mol. The Balaban J connectivity index is 1.43. The molecule has 0 spiro atoms. The number of aryl methyl sites for hydroxylation is 1. The van der Waals surface area contributed by atoms with Gasteiger partial charge in [0.15, 0.2) is 9.84 Å². The Kier molecular flexibility index (Phi) is 6.63. The number of rotatable bonds is 9. The van der Waals surface area contributed by atoms with Crippen LogP contribution >= 0.6 is 0 Å². The standard InChI is InChI=1S/C26H26N2O2S/c29-31(30,20-21-12-4-1-5-13-21)19-11-10-18-24-27-25(22-14-6-2-7-15-22)26(28-24)23-16-8-3-9-17-23/h1-9,12-17H,10-11,18-20H2,(H,27,28). The highest BCUT2D eigenvalue weighted by molar-refractivity contribution is 7.90. The Labute approximate surface area is 183 Å². The predicted octanol–water partition coefficient (Wildman–Crippen LogP) is 5.68. The smallest absolute Gasteiger partial charge is 0.154 e. The topological polar surface area (TPSA) is 62.8 Å². The van der Waals surface area contributed by atoms with Gasteiger partial charge in [-0.25, -0.2) is 13.4 Å². The number of aromatic amines is 1. The second kappa shape index (κ2) is 9.75. The number of aromatic nitrogens is 2. The zero-order valence-electron chi connectivity index (χ0n) is 17.4. The number of hydrogen-bond acceptors (Lipinski definition) is 3. The molecule has 0 atom stereocenters. The second-order valence-electron chi connectivity index (χ2n) is 7.67. The van der Waals surface area contributed by atoms with Crippen LogP contribution in [0.2, 0.25) is 0 Å². The van der Waals surface area contributed by atoms with Crippen molar-refractivity contribution >= 4 is 9.84 Å². The van der Waals surface area contributed by atoms with Crippen LogP contribution in [0, 0.1) is 0 Å². The molecule has 1 aromatic heterocycles. The first-order chi connectivity index (χ1) is 15.1. The number of nitrogens with zero attached hydrogens (tertiary/aromatic N) is 1. The zero-order valence-corrected chi connectivity index (χ0v) is 18.2. The van der Waals surface area contributed by atoms with E-state index in [1.54, 1.807) is 0 Å². The Morgan fingerprint density at radius 1 is 0.710 bits per heavy atom. The van der Waals surface area contributed by atoms with Gasteiger partial charge < -0.3 is 4.98 Å². The lowest BCUT2D eigenvalue weighted by Gasteiger charge is -2.04. The van der Waals surface area contributed by atoms with Crippen molar-refractivity contribution in [2.45, 2.75) is 25.0 Å². The van der Waals surface area contributed by atoms with E-state index in [4.69, 9.17) is 4.98 Å². The molecule has 4 nitrogen and oxygen atoms in total. The van der Waals surface area contributed by atoms with E-state index in [0.29, 0.717) is 12.8 Å². The van der Waals surface area contributed by atoms with Gasteiger partial charge in [-0.2, -0.15) is 0 Å². The Morgan fingerprint density at radius 3 is 1.94 bits per heavy atom. The zero-order chi connectivity index (χ0) is 21.5. The van der Waals surface area contributed by atoms with Gasteiger partial charge in [0.1, 0.15) is 5.82 Å². The quantitative estimate of drug-likeness (QED) is 0.347. The average molecular weight is 431 g/mol. The Hall–Kier alpha value is -3.18. The number of benzene rings is 3. The second-order valence-corrected chi connectivity index (χ2v) is 9.86. The number of sulfone groups is 1. The normalized spacial score (nSPS) is 11.5. The third-order valence-electron chi connectivity index (χ3n) is 5.21. The van der Waals surface area contributed by atoms with Gasteiger partial charge in [0, 0.05) is 17.5 Å². The van der Waals surface area contributed by atoms with E-state index in [0.717, 1.165) is 40.3 Å². The van der Waals surface area contributed by atoms with E-state index in [9.17, 15) is 8.42 Å². The van der Waals surface area contributed by atoms with Gasteiger partial charge in [-0.1, -0.05) is 91.0 Å². The highest BCUT2D eigenvalue weighted by Gasteiger charge is 2.15. The van der Waals surface area contributed by atoms with Crippen molar-refractivity contribution in [1.29, 1.82) is 0 Å². The summed E-state index contributed by atoms with van der Waals surface area (Å²) >= 11 is 0. The molecular formula is C26H26N2O2S. The summed E-state index contributed by atoms with van der Waals surface area (Å²) in [4.78, 5) is 8.33. The molecule has 0 aliphatic carbocycles.